The third kappa shape index (κ3) is 3.04. The van der Waals surface area contributed by atoms with Gasteiger partial charge in [0.05, 0.1) is 19.1 Å². The Balaban J connectivity index is 0.00000102. The van der Waals surface area contributed by atoms with Crippen LogP contribution in [0.4, 0.5) is 0 Å². The van der Waals surface area contributed by atoms with Crippen molar-refractivity contribution in [2.24, 2.45) is 28.6 Å². The highest BCUT2D eigenvalue weighted by molar-refractivity contribution is 7.59. The van der Waals surface area contributed by atoms with Gasteiger partial charge in [-0.15, -0.1) is 0 Å². The van der Waals surface area contributed by atoms with E-state index in [2.05, 4.69) is 13.8 Å². The molecule has 4 unspecified atom stereocenters. The standard InChI is InChI=1S/C24H30O6.3H2S/c1-21-7-4-14(25)10-13(21)11-15(20(27)28-3)19-16-5-8-23(9-6-18(26)30-23)22(16,2)12-17-24(19,21)29-17;;;/h10,15-17,19H,4-9,11-12H2,1-3H3;3*1H2/t15?,16?,17?,19-,21-,22-,23+,24?;;;/m0.../s1. The summed E-state index contributed by atoms with van der Waals surface area (Å²) in [6.07, 6.45) is 7.61. The highest BCUT2D eigenvalue weighted by Gasteiger charge is 2.83. The molecule has 4 aliphatic carbocycles. The molecule has 0 aromatic heterocycles. The maximum Gasteiger partial charge on any atom is 0.309 e. The number of methoxy groups -OCH3 is 1. The van der Waals surface area contributed by atoms with Gasteiger partial charge in [-0.05, 0) is 50.5 Å². The van der Waals surface area contributed by atoms with Gasteiger partial charge in [0.1, 0.15) is 11.2 Å². The van der Waals surface area contributed by atoms with E-state index < -0.39 is 11.2 Å². The smallest absolute Gasteiger partial charge is 0.309 e. The first-order chi connectivity index (χ1) is 14.2. The molecule has 0 bridgehead atoms. The Bertz CT molecular complexity index is 922. The molecule has 2 saturated heterocycles. The summed E-state index contributed by atoms with van der Waals surface area (Å²) in [6, 6.07) is 0. The monoisotopic (exact) mass is 516 g/mol. The van der Waals surface area contributed by atoms with Gasteiger partial charge in [-0.25, -0.2) is 0 Å². The number of carbonyl (C=O) groups is 3. The predicted octanol–water partition coefficient (Wildman–Crippen LogP) is 3.46. The summed E-state index contributed by atoms with van der Waals surface area (Å²) in [6.45, 7) is 4.51. The van der Waals surface area contributed by atoms with Crippen molar-refractivity contribution in [1.82, 2.24) is 0 Å². The van der Waals surface area contributed by atoms with Gasteiger partial charge in [0, 0.05) is 29.6 Å². The molecule has 33 heavy (non-hydrogen) atoms. The molecular weight excluding hydrogens is 480 g/mol. The maximum atomic E-state index is 13.0. The molecule has 8 atom stereocenters. The highest BCUT2D eigenvalue weighted by atomic mass is 32.1. The highest BCUT2D eigenvalue weighted by Crippen LogP contribution is 2.78. The van der Waals surface area contributed by atoms with E-state index in [0.29, 0.717) is 19.3 Å². The number of ketones is 1. The lowest BCUT2D eigenvalue weighted by Gasteiger charge is -2.58. The fraction of sp³-hybridized carbons (Fsp3) is 0.792. The maximum absolute atomic E-state index is 13.0. The Morgan fingerprint density at radius 3 is 2.45 bits per heavy atom. The Labute approximate surface area is 216 Å². The average Bonchev–Trinajstić information content (AvgIpc) is 3.20. The molecule has 6 rings (SSSR count). The summed E-state index contributed by atoms with van der Waals surface area (Å²) in [4.78, 5) is 37.4. The molecular formula is C24H36O6S3. The van der Waals surface area contributed by atoms with E-state index in [1.165, 1.54) is 7.11 Å². The van der Waals surface area contributed by atoms with E-state index in [9.17, 15) is 14.4 Å². The van der Waals surface area contributed by atoms with Gasteiger partial charge in [-0.3, -0.25) is 14.4 Å². The van der Waals surface area contributed by atoms with Crippen LogP contribution in [0.5, 0.6) is 0 Å². The van der Waals surface area contributed by atoms with Crippen molar-refractivity contribution in [2.75, 3.05) is 7.11 Å². The number of esters is 2. The first-order valence-corrected chi connectivity index (χ1v) is 11.4. The SMILES string of the molecule is COC(=O)C1CC2=CC(=O)CC[C@]2(C)C23OC2C[C@@]2(C)C(CC[C@@]24CCC(=O)O4)[C@H]13.S.S.S. The third-order valence-corrected chi connectivity index (χ3v) is 10.2. The van der Waals surface area contributed by atoms with Crippen molar-refractivity contribution in [3.8, 4) is 0 Å². The van der Waals surface area contributed by atoms with Crippen LogP contribution in [-0.2, 0) is 28.6 Å². The lowest BCUT2D eigenvalue weighted by Crippen LogP contribution is -2.63. The van der Waals surface area contributed by atoms with Crippen molar-refractivity contribution < 1.29 is 28.6 Å². The van der Waals surface area contributed by atoms with Crippen LogP contribution in [0.15, 0.2) is 11.6 Å². The topological polar surface area (TPSA) is 82.2 Å². The summed E-state index contributed by atoms with van der Waals surface area (Å²) in [5.74, 6) is -0.201. The van der Waals surface area contributed by atoms with Crippen molar-refractivity contribution in [2.45, 2.75) is 82.5 Å². The quantitative estimate of drug-likeness (QED) is 0.392. The van der Waals surface area contributed by atoms with Crippen molar-refractivity contribution >= 4 is 58.2 Å². The zero-order chi connectivity index (χ0) is 21.1. The van der Waals surface area contributed by atoms with Crippen LogP contribution in [0.25, 0.3) is 0 Å². The molecule has 0 amide bonds. The van der Waals surface area contributed by atoms with E-state index in [4.69, 9.17) is 14.2 Å². The number of fused-ring (bicyclic) bond motifs is 4. The van der Waals surface area contributed by atoms with Crippen LogP contribution < -0.4 is 0 Å². The Morgan fingerprint density at radius 1 is 1.09 bits per heavy atom. The van der Waals surface area contributed by atoms with E-state index in [1.54, 1.807) is 6.08 Å². The van der Waals surface area contributed by atoms with E-state index in [-0.39, 0.29) is 92.9 Å². The molecule has 6 aliphatic rings. The molecule has 2 aliphatic heterocycles. The van der Waals surface area contributed by atoms with Gasteiger partial charge in [-0.1, -0.05) is 19.4 Å². The lowest BCUT2D eigenvalue weighted by atomic mass is 9.43. The number of hydrogen-bond acceptors (Lipinski definition) is 6. The summed E-state index contributed by atoms with van der Waals surface area (Å²) in [7, 11) is 1.45. The number of hydrogen-bond donors (Lipinski definition) is 0. The lowest BCUT2D eigenvalue weighted by molar-refractivity contribution is -0.172. The molecule has 0 radical (unpaired) electrons. The summed E-state index contributed by atoms with van der Waals surface area (Å²) in [5.41, 5.74) is -0.175. The van der Waals surface area contributed by atoms with Gasteiger partial charge in [0.25, 0.3) is 0 Å². The van der Waals surface area contributed by atoms with Crippen molar-refractivity contribution in [3.05, 3.63) is 11.6 Å². The normalized spacial score (nSPS) is 48.4. The minimum atomic E-state index is -0.424. The molecule has 3 saturated carbocycles. The number of carbonyl (C=O) groups excluding carboxylic acids is 3. The first-order valence-electron chi connectivity index (χ1n) is 11.4. The molecule has 186 valence electrons. The van der Waals surface area contributed by atoms with Gasteiger partial charge in [0.15, 0.2) is 5.78 Å². The first kappa shape index (κ1) is 27.0. The van der Waals surface area contributed by atoms with E-state index in [0.717, 1.165) is 37.7 Å². The van der Waals surface area contributed by atoms with Crippen LogP contribution in [0.2, 0.25) is 0 Å². The van der Waals surface area contributed by atoms with Gasteiger partial charge in [0.2, 0.25) is 0 Å². The molecule has 9 heteroatoms. The second-order valence-electron chi connectivity index (χ2n) is 11.0. The fourth-order valence-electron chi connectivity index (χ4n) is 8.69. The molecule has 6 nitrogen and oxygen atoms in total. The molecule has 0 aromatic rings. The van der Waals surface area contributed by atoms with Crippen LogP contribution >= 0.6 is 40.5 Å². The Morgan fingerprint density at radius 2 is 1.82 bits per heavy atom. The zero-order valence-electron chi connectivity index (χ0n) is 19.5. The van der Waals surface area contributed by atoms with Crippen molar-refractivity contribution in [3.63, 3.8) is 0 Å². The van der Waals surface area contributed by atoms with Crippen LogP contribution in [0.3, 0.4) is 0 Å². The summed E-state index contributed by atoms with van der Waals surface area (Å²) in [5, 5.41) is 0. The van der Waals surface area contributed by atoms with Gasteiger partial charge in [-0.2, -0.15) is 40.5 Å². The summed E-state index contributed by atoms with van der Waals surface area (Å²) < 4.78 is 17.9. The molecule has 0 N–H and O–H groups in total. The Hall–Kier alpha value is -0.640. The predicted molar refractivity (Wildman–Crippen MR) is 136 cm³/mol. The Kier molecular flexibility index (Phi) is 6.70. The largest absolute Gasteiger partial charge is 0.469 e. The number of epoxide rings is 1. The fourth-order valence-corrected chi connectivity index (χ4v) is 8.69. The number of rotatable bonds is 1. The second-order valence-corrected chi connectivity index (χ2v) is 11.0. The molecule has 2 heterocycles. The van der Waals surface area contributed by atoms with Crippen LogP contribution in [-0.4, -0.2) is 42.1 Å². The van der Waals surface area contributed by atoms with Crippen molar-refractivity contribution in [1.29, 1.82) is 0 Å². The number of ether oxygens (including phenoxy) is 3. The van der Waals surface area contributed by atoms with Gasteiger partial charge < -0.3 is 14.2 Å². The third-order valence-electron chi connectivity index (χ3n) is 10.2. The minimum absolute atomic E-state index is 0. The molecule has 2 spiro atoms. The van der Waals surface area contributed by atoms with E-state index in [1.807, 2.05) is 0 Å². The van der Waals surface area contributed by atoms with Gasteiger partial charge >= 0.3 is 11.9 Å². The zero-order valence-corrected chi connectivity index (χ0v) is 22.5. The van der Waals surface area contributed by atoms with Crippen LogP contribution in [0, 0.1) is 28.6 Å². The minimum Gasteiger partial charge on any atom is -0.469 e. The van der Waals surface area contributed by atoms with E-state index >= 15 is 0 Å². The van der Waals surface area contributed by atoms with Crippen LogP contribution in [0.1, 0.15) is 65.2 Å². The average molecular weight is 517 g/mol. The second kappa shape index (κ2) is 8.20. The summed E-state index contributed by atoms with van der Waals surface area (Å²) >= 11 is 0. The molecule has 5 fully saturated rings. The molecule has 0 aromatic carbocycles.